The number of carbonyl (C=O) groups excluding carboxylic acids is 2. The Bertz CT molecular complexity index is 946. The summed E-state index contributed by atoms with van der Waals surface area (Å²) in [5.74, 6) is -0.106. The molecule has 0 aromatic heterocycles. The van der Waals surface area contributed by atoms with E-state index in [1.807, 2.05) is 0 Å². The third-order valence-electron chi connectivity index (χ3n) is 4.19. The van der Waals surface area contributed by atoms with E-state index in [2.05, 4.69) is 10.6 Å². The summed E-state index contributed by atoms with van der Waals surface area (Å²) < 4.78 is 5.26. The van der Waals surface area contributed by atoms with Crippen LogP contribution in [-0.4, -0.2) is 18.9 Å². The van der Waals surface area contributed by atoms with Gasteiger partial charge in [-0.3, -0.25) is 9.59 Å². The average Bonchev–Trinajstić information content (AvgIpc) is 2.74. The molecule has 7 heteroatoms. The summed E-state index contributed by atoms with van der Waals surface area (Å²) in [6.07, 6.45) is -0.781. The van der Waals surface area contributed by atoms with E-state index in [0.29, 0.717) is 32.5 Å². The molecule has 0 spiro atoms. The van der Waals surface area contributed by atoms with Crippen LogP contribution >= 0.6 is 23.2 Å². The second kappa shape index (κ2) is 9.45. The van der Waals surface area contributed by atoms with Gasteiger partial charge in [0.05, 0.1) is 7.11 Å². The molecule has 3 aromatic rings. The fourth-order valence-corrected chi connectivity index (χ4v) is 2.91. The van der Waals surface area contributed by atoms with Gasteiger partial charge in [0.25, 0.3) is 11.8 Å². The number of hydrogen-bond acceptors (Lipinski definition) is 3. The molecule has 0 atom stereocenters. The molecule has 0 radical (unpaired) electrons. The van der Waals surface area contributed by atoms with E-state index in [-0.39, 0.29) is 11.8 Å². The molecule has 0 saturated carbocycles. The molecule has 3 aromatic carbocycles. The van der Waals surface area contributed by atoms with Crippen LogP contribution in [0.5, 0.6) is 5.75 Å². The van der Waals surface area contributed by atoms with Crippen LogP contribution < -0.4 is 15.4 Å². The number of halogens is 2. The lowest BCUT2D eigenvalue weighted by Crippen LogP contribution is -2.41. The summed E-state index contributed by atoms with van der Waals surface area (Å²) in [4.78, 5) is 25.4. The molecule has 0 fully saturated rings. The highest BCUT2D eigenvalue weighted by molar-refractivity contribution is 6.31. The number of carbonyl (C=O) groups is 2. The second-order valence-corrected chi connectivity index (χ2v) is 7.04. The second-order valence-electron chi connectivity index (χ2n) is 6.17. The Balaban J connectivity index is 1.86. The van der Waals surface area contributed by atoms with Crippen LogP contribution in [0.1, 0.15) is 32.4 Å². The van der Waals surface area contributed by atoms with E-state index in [1.165, 1.54) is 0 Å². The highest BCUT2D eigenvalue weighted by Gasteiger charge is 2.19. The molecule has 148 valence electrons. The van der Waals surface area contributed by atoms with Gasteiger partial charge in [0.1, 0.15) is 11.9 Å². The van der Waals surface area contributed by atoms with Crippen molar-refractivity contribution in [3.8, 4) is 5.75 Å². The Hall–Kier alpha value is -3.02. The van der Waals surface area contributed by atoms with Crippen molar-refractivity contribution in [1.29, 1.82) is 0 Å². The third-order valence-corrected chi connectivity index (χ3v) is 4.69. The summed E-state index contributed by atoms with van der Waals surface area (Å²) in [5, 5.41) is 6.73. The molecule has 2 N–H and O–H groups in total. The molecular weight excluding hydrogens is 411 g/mol. The van der Waals surface area contributed by atoms with Gasteiger partial charge in [-0.2, -0.15) is 0 Å². The van der Waals surface area contributed by atoms with Gasteiger partial charge in [0, 0.05) is 21.2 Å². The lowest BCUT2D eigenvalue weighted by Gasteiger charge is -2.21. The zero-order valence-electron chi connectivity index (χ0n) is 15.5. The summed E-state index contributed by atoms with van der Waals surface area (Å²) in [5.41, 5.74) is 1.50. The number of ether oxygens (including phenoxy) is 1. The number of methoxy groups -OCH3 is 1. The van der Waals surface area contributed by atoms with Gasteiger partial charge in [-0.15, -0.1) is 0 Å². The van der Waals surface area contributed by atoms with Crippen LogP contribution in [0, 0.1) is 0 Å². The summed E-state index contributed by atoms with van der Waals surface area (Å²) in [6.45, 7) is 0. The monoisotopic (exact) mass is 428 g/mol. The van der Waals surface area contributed by atoms with E-state index in [1.54, 1.807) is 79.9 Å². The van der Waals surface area contributed by atoms with E-state index in [9.17, 15) is 9.59 Å². The predicted octanol–water partition coefficient (Wildman–Crippen LogP) is 4.86. The molecule has 3 rings (SSSR count). The van der Waals surface area contributed by atoms with E-state index in [0.717, 1.165) is 0 Å². The molecule has 2 amide bonds. The highest BCUT2D eigenvalue weighted by atomic mass is 35.5. The predicted molar refractivity (Wildman–Crippen MR) is 114 cm³/mol. The molecule has 0 heterocycles. The Kier molecular flexibility index (Phi) is 6.75. The van der Waals surface area contributed by atoms with E-state index >= 15 is 0 Å². The first-order chi connectivity index (χ1) is 14.0. The van der Waals surface area contributed by atoms with Gasteiger partial charge >= 0.3 is 0 Å². The van der Waals surface area contributed by atoms with Crippen LogP contribution in [-0.2, 0) is 0 Å². The molecule has 0 bridgehead atoms. The van der Waals surface area contributed by atoms with Crippen molar-refractivity contribution in [2.24, 2.45) is 0 Å². The maximum Gasteiger partial charge on any atom is 0.253 e. The van der Waals surface area contributed by atoms with Crippen molar-refractivity contribution in [1.82, 2.24) is 10.6 Å². The van der Waals surface area contributed by atoms with Gasteiger partial charge in [0.2, 0.25) is 0 Å². The number of amides is 2. The Morgan fingerprint density at radius 2 is 1.28 bits per heavy atom. The van der Waals surface area contributed by atoms with Gasteiger partial charge in [0.15, 0.2) is 0 Å². The Labute approximate surface area is 178 Å². The summed E-state index contributed by atoms with van der Waals surface area (Å²) >= 11 is 11.8. The first-order valence-corrected chi connectivity index (χ1v) is 9.48. The van der Waals surface area contributed by atoms with Crippen molar-refractivity contribution in [3.05, 3.63) is 99.5 Å². The standard InChI is InChI=1S/C22H18Cl2N2O3/c1-29-19-4-2-3-16(13-19)20(25-21(27)14-5-9-17(23)10-6-14)26-22(28)15-7-11-18(24)12-8-15/h2-13,20H,1H3,(H,25,27)(H,26,28). The third kappa shape index (κ3) is 5.50. The van der Waals surface area contributed by atoms with Gasteiger partial charge < -0.3 is 15.4 Å². The minimum absolute atomic E-state index is 0.356. The van der Waals surface area contributed by atoms with Crippen LogP contribution in [0.3, 0.4) is 0 Å². The van der Waals surface area contributed by atoms with Gasteiger partial charge in [-0.1, -0.05) is 35.3 Å². The molecule has 0 aliphatic carbocycles. The van der Waals surface area contributed by atoms with Gasteiger partial charge in [-0.05, 0) is 66.2 Å². The van der Waals surface area contributed by atoms with Crippen molar-refractivity contribution in [2.45, 2.75) is 6.17 Å². The van der Waals surface area contributed by atoms with Crippen molar-refractivity contribution < 1.29 is 14.3 Å². The summed E-state index contributed by atoms with van der Waals surface area (Å²) in [6, 6.07) is 20.1. The first-order valence-electron chi connectivity index (χ1n) is 8.73. The van der Waals surface area contributed by atoms with Crippen molar-refractivity contribution in [2.75, 3.05) is 7.11 Å². The molecule has 29 heavy (non-hydrogen) atoms. The van der Waals surface area contributed by atoms with Gasteiger partial charge in [-0.25, -0.2) is 0 Å². The Morgan fingerprint density at radius 3 is 1.72 bits per heavy atom. The maximum atomic E-state index is 12.7. The minimum Gasteiger partial charge on any atom is -0.497 e. The molecule has 0 aliphatic rings. The van der Waals surface area contributed by atoms with Crippen LogP contribution in [0.25, 0.3) is 0 Å². The zero-order chi connectivity index (χ0) is 20.8. The minimum atomic E-state index is -0.781. The van der Waals surface area contributed by atoms with E-state index < -0.39 is 6.17 Å². The molecular formula is C22H18Cl2N2O3. The lowest BCUT2D eigenvalue weighted by molar-refractivity contribution is 0.0883. The van der Waals surface area contributed by atoms with Crippen LogP contribution in [0.4, 0.5) is 0 Å². The van der Waals surface area contributed by atoms with Crippen molar-refractivity contribution >= 4 is 35.0 Å². The van der Waals surface area contributed by atoms with Crippen molar-refractivity contribution in [3.63, 3.8) is 0 Å². The largest absolute Gasteiger partial charge is 0.497 e. The van der Waals surface area contributed by atoms with E-state index in [4.69, 9.17) is 27.9 Å². The fourth-order valence-electron chi connectivity index (χ4n) is 2.66. The zero-order valence-corrected chi connectivity index (χ0v) is 17.0. The number of nitrogens with one attached hydrogen (secondary N) is 2. The first kappa shape index (κ1) is 20.7. The fraction of sp³-hybridized carbons (Fsp3) is 0.0909. The topological polar surface area (TPSA) is 67.4 Å². The van der Waals surface area contributed by atoms with Crippen LogP contribution in [0.2, 0.25) is 10.0 Å². The van der Waals surface area contributed by atoms with Crippen LogP contribution in [0.15, 0.2) is 72.8 Å². The SMILES string of the molecule is COc1cccc(C(NC(=O)c2ccc(Cl)cc2)NC(=O)c2ccc(Cl)cc2)c1. The highest BCUT2D eigenvalue weighted by Crippen LogP contribution is 2.19. The number of rotatable bonds is 6. The Morgan fingerprint density at radius 1 is 0.793 bits per heavy atom. The normalized spacial score (nSPS) is 10.5. The average molecular weight is 429 g/mol. The molecule has 0 aliphatic heterocycles. The lowest BCUT2D eigenvalue weighted by atomic mass is 10.1. The number of benzene rings is 3. The molecule has 0 unspecified atom stereocenters. The quantitative estimate of drug-likeness (QED) is 0.550. The maximum absolute atomic E-state index is 12.7. The molecule has 0 saturated heterocycles. The number of hydrogen-bond donors (Lipinski definition) is 2. The molecule has 5 nitrogen and oxygen atoms in total. The summed E-state index contributed by atoms with van der Waals surface area (Å²) in [7, 11) is 1.55. The smallest absolute Gasteiger partial charge is 0.253 e.